The summed E-state index contributed by atoms with van der Waals surface area (Å²) in [6.45, 7) is 0.506. The second-order valence-corrected chi connectivity index (χ2v) is 4.73. The van der Waals surface area contributed by atoms with Crippen molar-refractivity contribution in [1.82, 2.24) is 9.13 Å². The first-order valence-electron chi connectivity index (χ1n) is 6.34. The Morgan fingerprint density at radius 2 is 1.70 bits per heavy atom. The maximum atomic E-state index is 12.3. The number of para-hydroxylation sites is 2. The highest BCUT2D eigenvalue weighted by Gasteiger charge is 2.09. The van der Waals surface area contributed by atoms with Crippen molar-refractivity contribution in [1.29, 1.82) is 5.26 Å². The van der Waals surface area contributed by atoms with Gasteiger partial charge in [0.15, 0.2) is 0 Å². The summed E-state index contributed by atoms with van der Waals surface area (Å²) < 4.78 is 3.40. The first-order chi connectivity index (χ1) is 9.70. The first kappa shape index (κ1) is 12.2. The van der Waals surface area contributed by atoms with Gasteiger partial charge in [-0.25, -0.2) is 4.79 Å². The summed E-state index contributed by atoms with van der Waals surface area (Å²) in [5.41, 5.74) is 3.44. The molecule has 0 N–H and O–H groups in total. The van der Waals surface area contributed by atoms with Gasteiger partial charge in [-0.05, 0) is 29.8 Å². The van der Waals surface area contributed by atoms with Crippen LogP contribution in [0, 0.1) is 11.3 Å². The molecule has 0 aliphatic rings. The topological polar surface area (TPSA) is 50.7 Å². The smallest absolute Gasteiger partial charge is 0.295 e. The fourth-order valence-corrected chi connectivity index (χ4v) is 2.38. The molecule has 0 radical (unpaired) electrons. The molecular weight excluding hydrogens is 250 g/mol. The molecule has 0 saturated heterocycles. The Morgan fingerprint density at radius 3 is 2.35 bits per heavy atom. The van der Waals surface area contributed by atoms with E-state index in [4.69, 9.17) is 5.26 Å². The van der Waals surface area contributed by atoms with Crippen LogP contribution >= 0.6 is 0 Å². The van der Waals surface area contributed by atoms with Crippen LogP contribution in [0.3, 0.4) is 0 Å². The number of hydrogen-bond donors (Lipinski definition) is 0. The average Bonchev–Trinajstić information content (AvgIpc) is 2.74. The van der Waals surface area contributed by atoms with Crippen LogP contribution in [0.4, 0.5) is 0 Å². The molecule has 0 amide bonds. The highest BCUT2D eigenvalue weighted by molar-refractivity contribution is 5.75. The maximum Gasteiger partial charge on any atom is 0.329 e. The minimum absolute atomic E-state index is 0.0319. The van der Waals surface area contributed by atoms with E-state index in [1.165, 1.54) is 0 Å². The molecule has 0 aliphatic heterocycles. The van der Waals surface area contributed by atoms with E-state index >= 15 is 0 Å². The van der Waals surface area contributed by atoms with Gasteiger partial charge in [0, 0.05) is 7.05 Å². The number of aryl methyl sites for hydroxylation is 1. The van der Waals surface area contributed by atoms with Crippen molar-refractivity contribution in [3.8, 4) is 6.07 Å². The summed E-state index contributed by atoms with van der Waals surface area (Å²) in [6, 6.07) is 17.1. The van der Waals surface area contributed by atoms with Crippen LogP contribution in [0.5, 0.6) is 0 Å². The largest absolute Gasteiger partial charge is 0.329 e. The van der Waals surface area contributed by atoms with Crippen molar-refractivity contribution >= 4 is 11.0 Å². The van der Waals surface area contributed by atoms with Gasteiger partial charge in [-0.2, -0.15) is 5.26 Å². The highest BCUT2D eigenvalue weighted by Crippen LogP contribution is 2.13. The number of nitrogens with zero attached hydrogens (tertiary/aromatic N) is 3. The summed E-state index contributed by atoms with van der Waals surface area (Å²) in [7, 11) is 1.78. The van der Waals surface area contributed by atoms with E-state index in [9.17, 15) is 4.79 Å². The highest BCUT2D eigenvalue weighted by atomic mass is 16.1. The molecule has 20 heavy (non-hydrogen) atoms. The molecular formula is C16H13N3O. The minimum Gasteiger partial charge on any atom is -0.295 e. The predicted octanol–water partition coefficient (Wildman–Crippen LogP) is 2.26. The lowest BCUT2D eigenvalue weighted by atomic mass is 10.1. The van der Waals surface area contributed by atoms with Crippen LogP contribution in [0.25, 0.3) is 11.0 Å². The molecule has 0 aliphatic carbocycles. The third-order valence-electron chi connectivity index (χ3n) is 3.48. The molecule has 1 heterocycles. The molecule has 0 bridgehead atoms. The van der Waals surface area contributed by atoms with Crippen molar-refractivity contribution in [2.45, 2.75) is 6.54 Å². The fourth-order valence-electron chi connectivity index (χ4n) is 2.38. The van der Waals surface area contributed by atoms with Crippen LogP contribution in [-0.4, -0.2) is 9.13 Å². The minimum atomic E-state index is -0.0319. The molecule has 4 heteroatoms. The van der Waals surface area contributed by atoms with E-state index in [0.717, 1.165) is 16.6 Å². The molecule has 0 unspecified atom stereocenters. The maximum absolute atomic E-state index is 12.3. The lowest BCUT2D eigenvalue weighted by Gasteiger charge is -2.03. The van der Waals surface area contributed by atoms with Crippen LogP contribution in [-0.2, 0) is 13.6 Å². The SMILES string of the molecule is Cn1c(=O)n(Cc2ccc(C#N)cc2)c2ccccc21. The number of benzene rings is 2. The zero-order chi connectivity index (χ0) is 14.1. The Balaban J connectivity index is 2.09. The van der Waals surface area contributed by atoms with Crippen molar-refractivity contribution < 1.29 is 0 Å². The van der Waals surface area contributed by atoms with Gasteiger partial charge in [-0.3, -0.25) is 9.13 Å². The van der Waals surface area contributed by atoms with Gasteiger partial charge < -0.3 is 0 Å². The van der Waals surface area contributed by atoms with Crippen molar-refractivity contribution in [3.05, 3.63) is 70.1 Å². The second kappa shape index (κ2) is 4.71. The summed E-state index contributed by atoms with van der Waals surface area (Å²) in [6.07, 6.45) is 0. The predicted molar refractivity (Wildman–Crippen MR) is 77.4 cm³/mol. The first-order valence-corrected chi connectivity index (χ1v) is 6.34. The van der Waals surface area contributed by atoms with Gasteiger partial charge in [-0.1, -0.05) is 24.3 Å². The molecule has 0 atom stereocenters. The molecule has 98 valence electrons. The number of aromatic nitrogens is 2. The van der Waals surface area contributed by atoms with Crippen molar-refractivity contribution in [2.24, 2.45) is 7.05 Å². The Bertz CT molecular complexity index is 863. The van der Waals surface area contributed by atoms with E-state index in [1.54, 1.807) is 28.3 Å². The van der Waals surface area contributed by atoms with E-state index < -0.39 is 0 Å². The van der Waals surface area contributed by atoms with Gasteiger partial charge in [0.05, 0.1) is 29.2 Å². The molecule has 3 aromatic rings. The fraction of sp³-hybridized carbons (Fsp3) is 0.125. The van der Waals surface area contributed by atoms with E-state index in [2.05, 4.69) is 6.07 Å². The molecule has 3 rings (SSSR count). The van der Waals surface area contributed by atoms with Gasteiger partial charge >= 0.3 is 5.69 Å². The quantitative estimate of drug-likeness (QED) is 0.712. The molecule has 4 nitrogen and oxygen atoms in total. The standard InChI is InChI=1S/C16H13N3O/c1-18-14-4-2-3-5-15(14)19(16(18)20)11-13-8-6-12(10-17)7-9-13/h2-9H,11H2,1H3. The third kappa shape index (κ3) is 1.90. The Morgan fingerprint density at radius 1 is 1.05 bits per heavy atom. The van der Waals surface area contributed by atoms with Gasteiger partial charge in [0.2, 0.25) is 0 Å². The van der Waals surface area contributed by atoms with Crippen LogP contribution in [0.1, 0.15) is 11.1 Å². The van der Waals surface area contributed by atoms with Crippen molar-refractivity contribution in [3.63, 3.8) is 0 Å². The Kier molecular flexibility index (Phi) is 2.88. The van der Waals surface area contributed by atoms with Crippen LogP contribution in [0.2, 0.25) is 0 Å². The van der Waals surface area contributed by atoms with Crippen LogP contribution < -0.4 is 5.69 Å². The van der Waals surface area contributed by atoms with Gasteiger partial charge in [-0.15, -0.1) is 0 Å². The van der Waals surface area contributed by atoms with Gasteiger partial charge in [0.25, 0.3) is 0 Å². The zero-order valence-electron chi connectivity index (χ0n) is 11.1. The summed E-state index contributed by atoms with van der Waals surface area (Å²) >= 11 is 0. The molecule has 1 aromatic heterocycles. The number of nitriles is 1. The summed E-state index contributed by atoms with van der Waals surface area (Å²) in [5, 5.41) is 8.80. The molecule has 0 saturated carbocycles. The zero-order valence-corrected chi connectivity index (χ0v) is 11.1. The van der Waals surface area contributed by atoms with E-state index in [0.29, 0.717) is 12.1 Å². The number of imidazole rings is 1. The van der Waals surface area contributed by atoms with Crippen molar-refractivity contribution in [2.75, 3.05) is 0 Å². The normalized spacial score (nSPS) is 10.6. The molecule has 0 fully saturated rings. The number of fused-ring (bicyclic) bond motifs is 1. The summed E-state index contributed by atoms with van der Waals surface area (Å²) in [4.78, 5) is 12.3. The molecule has 0 spiro atoms. The third-order valence-corrected chi connectivity index (χ3v) is 3.48. The number of rotatable bonds is 2. The van der Waals surface area contributed by atoms with Crippen LogP contribution in [0.15, 0.2) is 53.3 Å². The Labute approximate surface area is 116 Å². The average molecular weight is 263 g/mol. The molecule has 2 aromatic carbocycles. The monoisotopic (exact) mass is 263 g/mol. The van der Waals surface area contributed by atoms with E-state index in [1.807, 2.05) is 36.4 Å². The van der Waals surface area contributed by atoms with Gasteiger partial charge in [0.1, 0.15) is 0 Å². The number of hydrogen-bond acceptors (Lipinski definition) is 2. The lowest BCUT2D eigenvalue weighted by Crippen LogP contribution is -2.22. The summed E-state index contributed by atoms with van der Waals surface area (Å²) in [5.74, 6) is 0. The Hall–Kier alpha value is -2.80. The van der Waals surface area contributed by atoms with E-state index in [-0.39, 0.29) is 5.69 Å². The second-order valence-electron chi connectivity index (χ2n) is 4.73. The lowest BCUT2D eigenvalue weighted by molar-refractivity contribution is 0.736.